The lowest BCUT2D eigenvalue weighted by Gasteiger charge is -2.29. The van der Waals surface area contributed by atoms with E-state index in [-0.39, 0.29) is 6.04 Å². The topological polar surface area (TPSA) is 69.6 Å². The first-order valence-corrected chi connectivity index (χ1v) is 9.53. The van der Waals surface area contributed by atoms with Crippen LogP contribution in [0.25, 0.3) is 0 Å². The average Bonchev–Trinajstić information content (AvgIpc) is 2.98. The lowest BCUT2D eigenvalue weighted by atomic mass is 10.2. The molecule has 1 aliphatic rings. The standard InChI is InChI=1S/C15H27N5O2S/c1-5-19(6-2)23(21,22)20-11-7-8-14(20)15-16-10-9-13(17-15)12-18(3)4/h9-10,14H,5-8,11-12H2,1-4H3/t14-/m0/s1. The van der Waals surface area contributed by atoms with Crippen LogP contribution in [0.1, 0.15) is 44.2 Å². The SMILES string of the molecule is CCN(CC)S(=O)(=O)N1CCC[C@H]1c1nccc(CN(C)C)n1. The number of rotatable bonds is 7. The van der Waals surface area contributed by atoms with Crippen molar-refractivity contribution in [3.05, 3.63) is 23.8 Å². The van der Waals surface area contributed by atoms with Crippen LogP contribution in [-0.4, -0.2) is 65.6 Å². The molecule has 0 aliphatic carbocycles. The van der Waals surface area contributed by atoms with Gasteiger partial charge in [-0.15, -0.1) is 0 Å². The van der Waals surface area contributed by atoms with Crippen molar-refractivity contribution in [3.8, 4) is 0 Å². The molecule has 0 aromatic carbocycles. The van der Waals surface area contributed by atoms with E-state index < -0.39 is 10.2 Å². The van der Waals surface area contributed by atoms with Crippen molar-refractivity contribution in [1.29, 1.82) is 0 Å². The Kier molecular flexibility index (Phi) is 6.07. The summed E-state index contributed by atoms with van der Waals surface area (Å²) in [5.74, 6) is 0.609. The van der Waals surface area contributed by atoms with Crippen molar-refractivity contribution in [2.75, 3.05) is 33.7 Å². The van der Waals surface area contributed by atoms with Crippen molar-refractivity contribution < 1.29 is 8.42 Å². The summed E-state index contributed by atoms with van der Waals surface area (Å²) in [5, 5.41) is 0. The van der Waals surface area contributed by atoms with Gasteiger partial charge in [0.1, 0.15) is 5.82 Å². The highest BCUT2D eigenvalue weighted by molar-refractivity contribution is 7.86. The maximum Gasteiger partial charge on any atom is 0.282 e. The fourth-order valence-corrected chi connectivity index (χ4v) is 4.79. The van der Waals surface area contributed by atoms with E-state index in [1.54, 1.807) is 10.5 Å². The molecular weight excluding hydrogens is 314 g/mol. The van der Waals surface area contributed by atoms with Crippen LogP contribution in [0.4, 0.5) is 0 Å². The molecule has 0 unspecified atom stereocenters. The molecule has 8 heteroatoms. The highest BCUT2D eigenvalue weighted by atomic mass is 32.2. The molecular formula is C15H27N5O2S. The predicted octanol–water partition coefficient (Wildman–Crippen LogP) is 1.26. The van der Waals surface area contributed by atoms with E-state index in [4.69, 9.17) is 0 Å². The molecule has 1 aliphatic heterocycles. The predicted molar refractivity (Wildman–Crippen MR) is 89.9 cm³/mol. The first kappa shape index (κ1) is 18.3. The van der Waals surface area contributed by atoms with Gasteiger partial charge < -0.3 is 4.90 Å². The molecule has 130 valence electrons. The van der Waals surface area contributed by atoms with E-state index in [0.29, 0.717) is 32.0 Å². The second-order valence-corrected chi connectivity index (χ2v) is 7.89. The van der Waals surface area contributed by atoms with Crippen LogP contribution in [0, 0.1) is 0 Å². The highest BCUT2D eigenvalue weighted by Gasteiger charge is 2.39. The van der Waals surface area contributed by atoms with Gasteiger partial charge in [0.25, 0.3) is 10.2 Å². The molecule has 0 spiro atoms. The van der Waals surface area contributed by atoms with E-state index in [0.717, 1.165) is 18.5 Å². The van der Waals surface area contributed by atoms with Crippen LogP contribution in [0.2, 0.25) is 0 Å². The Bertz CT molecular complexity index is 616. The molecule has 1 fully saturated rings. The van der Waals surface area contributed by atoms with Crippen molar-refractivity contribution in [1.82, 2.24) is 23.5 Å². The Morgan fingerprint density at radius 1 is 1.30 bits per heavy atom. The van der Waals surface area contributed by atoms with E-state index >= 15 is 0 Å². The highest BCUT2D eigenvalue weighted by Crippen LogP contribution is 2.33. The Labute approximate surface area is 139 Å². The number of aromatic nitrogens is 2. The Morgan fingerprint density at radius 3 is 2.61 bits per heavy atom. The van der Waals surface area contributed by atoms with Gasteiger partial charge in [-0.2, -0.15) is 17.0 Å². The minimum atomic E-state index is -3.46. The maximum atomic E-state index is 12.8. The summed E-state index contributed by atoms with van der Waals surface area (Å²) in [4.78, 5) is 11.0. The third-order valence-electron chi connectivity index (χ3n) is 4.04. The number of nitrogens with zero attached hydrogens (tertiary/aromatic N) is 5. The largest absolute Gasteiger partial charge is 0.304 e. The smallest absolute Gasteiger partial charge is 0.282 e. The van der Waals surface area contributed by atoms with Gasteiger partial charge in [-0.05, 0) is 33.0 Å². The molecule has 0 bridgehead atoms. The molecule has 1 saturated heterocycles. The second-order valence-electron chi connectivity index (χ2n) is 6.00. The molecule has 7 nitrogen and oxygen atoms in total. The summed E-state index contributed by atoms with van der Waals surface area (Å²) in [5.41, 5.74) is 0.909. The van der Waals surface area contributed by atoms with Gasteiger partial charge >= 0.3 is 0 Å². The number of hydrogen-bond acceptors (Lipinski definition) is 5. The quantitative estimate of drug-likeness (QED) is 0.747. The van der Waals surface area contributed by atoms with Crippen molar-refractivity contribution in [3.63, 3.8) is 0 Å². The van der Waals surface area contributed by atoms with E-state index in [1.807, 2.05) is 38.9 Å². The zero-order valence-electron chi connectivity index (χ0n) is 14.4. The van der Waals surface area contributed by atoms with Gasteiger partial charge in [-0.1, -0.05) is 13.8 Å². The molecule has 1 atom stereocenters. The third kappa shape index (κ3) is 4.06. The third-order valence-corrected chi connectivity index (χ3v) is 6.24. The zero-order valence-corrected chi connectivity index (χ0v) is 15.3. The molecule has 1 aromatic heterocycles. The van der Waals surface area contributed by atoms with Crippen LogP contribution in [0.3, 0.4) is 0 Å². The maximum absolute atomic E-state index is 12.8. The van der Waals surface area contributed by atoms with Gasteiger partial charge in [-0.3, -0.25) is 0 Å². The van der Waals surface area contributed by atoms with Gasteiger partial charge in [0.2, 0.25) is 0 Å². The van der Waals surface area contributed by atoms with Gasteiger partial charge in [0.05, 0.1) is 11.7 Å². The summed E-state index contributed by atoms with van der Waals surface area (Å²) in [6.45, 7) is 5.92. The van der Waals surface area contributed by atoms with Crippen molar-refractivity contribution in [2.45, 2.75) is 39.3 Å². The minimum absolute atomic E-state index is 0.261. The Balaban J connectivity index is 2.28. The molecule has 2 rings (SSSR count). The van der Waals surface area contributed by atoms with Crippen LogP contribution >= 0.6 is 0 Å². The monoisotopic (exact) mass is 341 g/mol. The Hall–Kier alpha value is -1.09. The minimum Gasteiger partial charge on any atom is -0.304 e. The molecule has 0 N–H and O–H groups in total. The molecule has 23 heavy (non-hydrogen) atoms. The zero-order chi connectivity index (χ0) is 17.0. The summed E-state index contributed by atoms with van der Waals surface area (Å²) in [7, 11) is 0.503. The van der Waals surface area contributed by atoms with E-state index in [2.05, 4.69) is 9.97 Å². The summed E-state index contributed by atoms with van der Waals surface area (Å²) in [6.07, 6.45) is 3.33. The lowest BCUT2D eigenvalue weighted by Crippen LogP contribution is -2.43. The Morgan fingerprint density at radius 2 is 2.00 bits per heavy atom. The summed E-state index contributed by atoms with van der Waals surface area (Å²) >= 11 is 0. The molecule has 0 saturated carbocycles. The van der Waals surface area contributed by atoms with E-state index in [1.165, 1.54) is 4.31 Å². The first-order chi connectivity index (χ1) is 10.9. The van der Waals surface area contributed by atoms with E-state index in [9.17, 15) is 8.42 Å². The first-order valence-electron chi connectivity index (χ1n) is 8.13. The van der Waals surface area contributed by atoms with Crippen LogP contribution in [-0.2, 0) is 16.8 Å². The summed E-state index contributed by atoms with van der Waals surface area (Å²) < 4.78 is 28.7. The fourth-order valence-electron chi connectivity index (χ4n) is 2.96. The molecule has 2 heterocycles. The fraction of sp³-hybridized carbons (Fsp3) is 0.733. The van der Waals surface area contributed by atoms with Gasteiger partial charge in [0, 0.05) is 32.4 Å². The van der Waals surface area contributed by atoms with Gasteiger partial charge in [0.15, 0.2) is 0 Å². The second kappa shape index (κ2) is 7.65. The average molecular weight is 341 g/mol. The molecule has 1 aromatic rings. The molecule has 0 amide bonds. The lowest BCUT2D eigenvalue weighted by molar-refractivity contribution is 0.329. The number of hydrogen-bond donors (Lipinski definition) is 0. The molecule has 0 radical (unpaired) electrons. The van der Waals surface area contributed by atoms with Crippen LogP contribution in [0.15, 0.2) is 12.3 Å². The van der Waals surface area contributed by atoms with Crippen molar-refractivity contribution >= 4 is 10.2 Å². The van der Waals surface area contributed by atoms with Crippen molar-refractivity contribution in [2.24, 2.45) is 0 Å². The van der Waals surface area contributed by atoms with Gasteiger partial charge in [-0.25, -0.2) is 9.97 Å². The summed E-state index contributed by atoms with van der Waals surface area (Å²) in [6, 6.07) is 1.62. The normalized spacial score (nSPS) is 19.8. The van der Waals surface area contributed by atoms with Crippen LogP contribution in [0.5, 0.6) is 0 Å². The van der Waals surface area contributed by atoms with Crippen LogP contribution < -0.4 is 0 Å².